The Morgan fingerprint density at radius 2 is 1.14 bits per heavy atom. The molecule has 6 nitrogen and oxygen atoms in total. The van der Waals surface area contributed by atoms with Gasteiger partial charge in [-0.25, -0.2) is 0 Å². The number of terminal acetylenes is 1. The fourth-order valence-electron chi connectivity index (χ4n) is 2.10. The first kappa shape index (κ1) is 24.9. The Bertz CT molecular complexity index is 520. The molecule has 0 N–H and O–H groups in total. The number of hydrogen-bond acceptors (Lipinski definition) is 6. The summed E-state index contributed by atoms with van der Waals surface area (Å²) < 4.78 is 32.3. The monoisotopic (exact) mass is 414 g/mol. The van der Waals surface area contributed by atoms with Crippen LogP contribution in [0.25, 0.3) is 0 Å². The Kier molecular flexibility index (Phi) is 17.0. The van der Waals surface area contributed by atoms with E-state index >= 15 is 0 Å². The molecule has 0 atom stereocenters. The maximum atomic E-state index is 5.56. The van der Waals surface area contributed by atoms with Crippen molar-refractivity contribution in [3.63, 3.8) is 0 Å². The van der Waals surface area contributed by atoms with Crippen LogP contribution in [0.4, 0.5) is 0 Å². The summed E-state index contributed by atoms with van der Waals surface area (Å²) >= 11 is 5.49. The molecule has 158 valence electrons. The molecule has 1 aromatic rings. The van der Waals surface area contributed by atoms with Crippen LogP contribution >= 0.6 is 11.6 Å². The summed E-state index contributed by atoms with van der Waals surface area (Å²) in [6.45, 7) is 6.45. The molecule has 0 aromatic heterocycles. The van der Waals surface area contributed by atoms with Gasteiger partial charge in [0.1, 0.15) is 0 Å². The fraction of sp³-hybridized carbons (Fsp3) is 0.619. The number of benzene rings is 1. The summed E-state index contributed by atoms with van der Waals surface area (Å²) in [6.07, 6.45) is 5.37. The molecule has 0 radical (unpaired) electrons. The second-order valence-electron chi connectivity index (χ2n) is 5.65. The van der Waals surface area contributed by atoms with Crippen molar-refractivity contribution in [1.29, 1.82) is 0 Å². The Hall–Kier alpha value is -1.17. The van der Waals surface area contributed by atoms with Crippen molar-refractivity contribution < 1.29 is 28.4 Å². The fourth-order valence-corrected chi connectivity index (χ4v) is 2.20. The van der Waals surface area contributed by atoms with E-state index in [2.05, 4.69) is 5.92 Å². The Balaban J connectivity index is 1.76. The van der Waals surface area contributed by atoms with Crippen LogP contribution in [0.3, 0.4) is 0 Å². The molecule has 0 spiro atoms. The first-order valence-electron chi connectivity index (χ1n) is 9.44. The van der Waals surface area contributed by atoms with Gasteiger partial charge in [0.25, 0.3) is 0 Å². The van der Waals surface area contributed by atoms with Crippen molar-refractivity contribution in [2.45, 2.75) is 6.61 Å². The number of halogens is 1. The van der Waals surface area contributed by atoms with Crippen molar-refractivity contribution in [1.82, 2.24) is 0 Å². The van der Waals surface area contributed by atoms with Crippen molar-refractivity contribution in [2.75, 3.05) is 78.6 Å². The second-order valence-corrected chi connectivity index (χ2v) is 6.03. The van der Waals surface area contributed by atoms with E-state index in [1.165, 1.54) is 0 Å². The zero-order chi connectivity index (χ0) is 20.1. The Morgan fingerprint density at radius 1 is 0.679 bits per heavy atom. The summed E-state index contributed by atoms with van der Waals surface area (Å²) in [4.78, 5) is 0. The number of hydrogen-bond donors (Lipinski definition) is 0. The topological polar surface area (TPSA) is 55.4 Å². The summed E-state index contributed by atoms with van der Waals surface area (Å²) in [5.41, 5.74) is 1.92. The summed E-state index contributed by atoms with van der Waals surface area (Å²) in [5, 5.41) is 0. The Morgan fingerprint density at radius 3 is 1.61 bits per heavy atom. The molecule has 0 heterocycles. The van der Waals surface area contributed by atoms with Crippen molar-refractivity contribution in [2.24, 2.45) is 0 Å². The highest BCUT2D eigenvalue weighted by molar-refractivity contribution is 6.17. The van der Waals surface area contributed by atoms with Crippen LogP contribution in [-0.2, 0) is 35.0 Å². The van der Waals surface area contributed by atoms with Crippen LogP contribution < -0.4 is 0 Å². The normalized spacial score (nSPS) is 10.9. The minimum Gasteiger partial charge on any atom is -0.378 e. The third-order valence-electron chi connectivity index (χ3n) is 3.44. The first-order chi connectivity index (χ1) is 13.9. The van der Waals surface area contributed by atoms with Crippen molar-refractivity contribution in [3.8, 4) is 12.3 Å². The molecule has 0 saturated heterocycles. The molecule has 0 saturated carbocycles. The molecule has 0 bridgehead atoms. The van der Waals surface area contributed by atoms with Crippen LogP contribution in [-0.4, -0.2) is 78.6 Å². The van der Waals surface area contributed by atoms with E-state index in [1.807, 2.05) is 24.3 Å². The van der Waals surface area contributed by atoms with Crippen LogP contribution in [0.1, 0.15) is 11.1 Å². The third-order valence-corrected chi connectivity index (χ3v) is 3.60. The van der Waals surface area contributed by atoms with Crippen LogP contribution in [0, 0.1) is 12.3 Å². The predicted octanol–water partition coefficient (Wildman–Crippen LogP) is 2.51. The van der Waals surface area contributed by atoms with Crippen molar-refractivity contribution >= 4 is 11.6 Å². The standard InChI is InChI=1S/C21H31ClO6/c1-2-20-4-3-5-21(18-20)19-28-17-16-27-15-14-26-13-12-25-11-10-24-9-8-23-7-6-22/h1,3-5,18H,6-17,19H2. The van der Waals surface area contributed by atoms with E-state index in [0.29, 0.717) is 85.2 Å². The van der Waals surface area contributed by atoms with E-state index in [1.54, 1.807) is 0 Å². The first-order valence-corrected chi connectivity index (χ1v) is 9.98. The van der Waals surface area contributed by atoms with E-state index in [9.17, 15) is 0 Å². The molecule has 0 aliphatic carbocycles. The molecule has 1 rings (SSSR count). The van der Waals surface area contributed by atoms with Gasteiger partial charge in [-0.05, 0) is 17.7 Å². The van der Waals surface area contributed by atoms with E-state index in [-0.39, 0.29) is 0 Å². The molecule has 0 aliphatic rings. The summed E-state index contributed by atoms with van der Waals surface area (Å²) in [7, 11) is 0. The van der Waals surface area contributed by atoms with E-state index in [4.69, 9.17) is 46.4 Å². The number of alkyl halides is 1. The lowest BCUT2D eigenvalue weighted by Crippen LogP contribution is -2.14. The van der Waals surface area contributed by atoms with E-state index < -0.39 is 0 Å². The second kappa shape index (κ2) is 19.2. The molecule has 0 aliphatic heterocycles. The van der Waals surface area contributed by atoms with Gasteiger partial charge in [0.05, 0.1) is 79.3 Å². The molecule has 0 unspecified atom stereocenters. The van der Waals surface area contributed by atoms with Gasteiger partial charge in [0.2, 0.25) is 0 Å². The lowest BCUT2D eigenvalue weighted by atomic mass is 10.1. The highest BCUT2D eigenvalue weighted by atomic mass is 35.5. The third kappa shape index (κ3) is 14.8. The molecule has 7 heteroatoms. The van der Waals surface area contributed by atoms with Gasteiger partial charge in [-0.15, -0.1) is 18.0 Å². The number of ether oxygens (including phenoxy) is 6. The number of rotatable bonds is 19. The summed E-state index contributed by atoms with van der Waals surface area (Å²) in [6, 6.07) is 7.76. The Labute approximate surface area is 173 Å². The minimum atomic E-state index is 0.505. The molecular weight excluding hydrogens is 384 g/mol. The van der Waals surface area contributed by atoms with Gasteiger partial charge in [0.15, 0.2) is 0 Å². The average Bonchev–Trinajstić information content (AvgIpc) is 2.73. The van der Waals surface area contributed by atoms with Gasteiger partial charge >= 0.3 is 0 Å². The predicted molar refractivity (Wildman–Crippen MR) is 109 cm³/mol. The van der Waals surface area contributed by atoms with Gasteiger partial charge in [-0.1, -0.05) is 18.1 Å². The van der Waals surface area contributed by atoms with Gasteiger partial charge in [-0.3, -0.25) is 0 Å². The molecule has 0 amide bonds. The van der Waals surface area contributed by atoms with Crippen LogP contribution in [0.5, 0.6) is 0 Å². The molecule has 28 heavy (non-hydrogen) atoms. The van der Waals surface area contributed by atoms with Gasteiger partial charge in [-0.2, -0.15) is 0 Å². The minimum absolute atomic E-state index is 0.505. The maximum absolute atomic E-state index is 5.56. The molecule has 1 aromatic carbocycles. The average molecular weight is 415 g/mol. The largest absolute Gasteiger partial charge is 0.378 e. The zero-order valence-corrected chi connectivity index (χ0v) is 17.2. The molecule has 0 fully saturated rings. The quantitative estimate of drug-likeness (QED) is 0.197. The van der Waals surface area contributed by atoms with E-state index in [0.717, 1.165) is 11.1 Å². The van der Waals surface area contributed by atoms with Gasteiger partial charge in [0, 0.05) is 11.4 Å². The molecular formula is C21H31ClO6. The lowest BCUT2D eigenvalue weighted by Gasteiger charge is -2.08. The SMILES string of the molecule is C#Cc1cccc(COCCOCCOCCOCCOCCOCCCl)c1. The zero-order valence-electron chi connectivity index (χ0n) is 16.4. The maximum Gasteiger partial charge on any atom is 0.0718 e. The summed E-state index contributed by atoms with van der Waals surface area (Å²) in [5.74, 6) is 3.11. The van der Waals surface area contributed by atoms with Gasteiger partial charge < -0.3 is 28.4 Å². The lowest BCUT2D eigenvalue weighted by molar-refractivity contribution is -0.0171. The smallest absolute Gasteiger partial charge is 0.0718 e. The van der Waals surface area contributed by atoms with Crippen LogP contribution in [0.15, 0.2) is 24.3 Å². The highest BCUT2D eigenvalue weighted by Gasteiger charge is 1.96. The van der Waals surface area contributed by atoms with Crippen molar-refractivity contribution in [3.05, 3.63) is 35.4 Å². The highest BCUT2D eigenvalue weighted by Crippen LogP contribution is 2.05. The van der Waals surface area contributed by atoms with Crippen LogP contribution in [0.2, 0.25) is 0 Å².